The third kappa shape index (κ3) is 2.86. The van der Waals surface area contributed by atoms with Gasteiger partial charge >= 0.3 is 0 Å². The molecule has 0 radical (unpaired) electrons. The van der Waals surface area contributed by atoms with E-state index in [0.717, 1.165) is 13.1 Å². The number of aliphatic imine (C=N–C) groups is 1. The Morgan fingerprint density at radius 3 is 2.60 bits per heavy atom. The molecule has 2 N–H and O–H groups in total. The first kappa shape index (κ1) is 6.80. The molecule has 0 amide bonds. The van der Waals surface area contributed by atoms with Crippen LogP contribution in [0.1, 0.15) is 0 Å². The summed E-state index contributed by atoms with van der Waals surface area (Å²) in [5.41, 5.74) is 0. The SMILES string of the molecule is C1=NCCN1.c1cn[nH]c1. The van der Waals surface area contributed by atoms with Crippen molar-refractivity contribution >= 4 is 6.34 Å². The molecule has 0 spiro atoms. The van der Waals surface area contributed by atoms with Crippen molar-refractivity contribution in [2.75, 3.05) is 13.1 Å². The molecule has 0 saturated carbocycles. The van der Waals surface area contributed by atoms with Crippen LogP contribution < -0.4 is 5.32 Å². The summed E-state index contributed by atoms with van der Waals surface area (Å²) in [6.45, 7) is 1.99. The zero-order valence-corrected chi connectivity index (χ0v) is 5.62. The molecule has 0 aliphatic carbocycles. The lowest BCUT2D eigenvalue weighted by atomic mass is 10.7. The maximum absolute atomic E-state index is 3.85. The van der Waals surface area contributed by atoms with Gasteiger partial charge in [-0.2, -0.15) is 5.10 Å². The molecule has 2 heterocycles. The standard InChI is InChI=1S/C3H6N2.C3H4N2/c1-2-5-3-4-1;1-2-4-5-3-1/h3H,1-2H2,(H,4,5);1-3H,(H,4,5). The Kier molecular flexibility index (Phi) is 3.09. The molecule has 1 aliphatic rings. The number of nitrogens with zero attached hydrogens (tertiary/aromatic N) is 2. The van der Waals surface area contributed by atoms with Crippen molar-refractivity contribution in [3.8, 4) is 0 Å². The Morgan fingerprint density at radius 2 is 2.40 bits per heavy atom. The van der Waals surface area contributed by atoms with Gasteiger partial charge in [0.05, 0.1) is 12.9 Å². The predicted molar refractivity (Wildman–Crippen MR) is 39.9 cm³/mol. The van der Waals surface area contributed by atoms with Crippen molar-refractivity contribution in [3.05, 3.63) is 18.5 Å². The topological polar surface area (TPSA) is 53.1 Å². The zero-order valence-electron chi connectivity index (χ0n) is 5.62. The normalized spacial score (nSPS) is 13.6. The van der Waals surface area contributed by atoms with E-state index in [1.807, 2.05) is 6.07 Å². The highest BCUT2D eigenvalue weighted by Crippen LogP contribution is 1.68. The van der Waals surface area contributed by atoms with E-state index in [1.165, 1.54) is 0 Å². The molecule has 1 aliphatic heterocycles. The molecule has 0 fully saturated rings. The Balaban J connectivity index is 0.0000001000. The maximum atomic E-state index is 3.85. The summed E-state index contributed by atoms with van der Waals surface area (Å²) in [5, 5.41) is 9.14. The number of aromatic nitrogens is 2. The number of H-pyrrole nitrogens is 1. The van der Waals surface area contributed by atoms with E-state index in [4.69, 9.17) is 0 Å². The van der Waals surface area contributed by atoms with Crippen LogP contribution in [0.25, 0.3) is 0 Å². The fraction of sp³-hybridized carbons (Fsp3) is 0.333. The van der Waals surface area contributed by atoms with Gasteiger partial charge in [0.25, 0.3) is 0 Å². The van der Waals surface area contributed by atoms with Gasteiger partial charge in [-0.05, 0) is 6.07 Å². The highest BCUT2D eigenvalue weighted by molar-refractivity contribution is 5.56. The first-order valence-corrected chi connectivity index (χ1v) is 3.15. The summed E-state index contributed by atoms with van der Waals surface area (Å²) in [7, 11) is 0. The van der Waals surface area contributed by atoms with E-state index < -0.39 is 0 Å². The van der Waals surface area contributed by atoms with Gasteiger partial charge in [-0.25, -0.2) is 0 Å². The first-order chi connectivity index (χ1) is 5.00. The van der Waals surface area contributed by atoms with Crippen molar-refractivity contribution < 1.29 is 0 Å². The predicted octanol–water partition coefficient (Wildman–Crippen LogP) is 0.0276. The molecule has 0 saturated heterocycles. The van der Waals surface area contributed by atoms with Gasteiger partial charge < -0.3 is 5.32 Å². The number of aromatic amines is 1. The second-order valence-corrected chi connectivity index (χ2v) is 1.76. The minimum Gasteiger partial charge on any atom is -0.375 e. The molecule has 2 rings (SSSR count). The van der Waals surface area contributed by atoms with Crippen molar-refractivity contribution in [1.29, 1.82) is 0 Å². The molecule has 0 aromatic carbocycles. The van der Waals surface area contributed by atoms with E-state index in [9.17, 15) is 0 Å². The summed E-state index contributed by atoms with van der Waals surface area (Å²) < 4.78 is 0. The smallest absolute Gasteiger partial charge is 0.0825 e. The van der Waals surface area contributed by atoms with E-state index in [2.05, 4.69) is 20.5 Å². The van der Waals surface area contributed by atoms with Crippen molar-refractivity contribution in [1.82, 2.24) is 15.5 Å². The molecule has 1 aromatic heterocycles. The third-order valence-corrected chi connectivity index (χ3v) is 0.974. The van der Waals surface area contributed by atoms with Crippen LogP contribution in [0, 0.1) is 0 Å². The van der Waals surface area contributed by atoms with Crippen LogP contribution in [0.15, 0.2) is 23.5 Å². The molecule has 54 valence electrons. The second kappa shape index (κ2) is 4.55. The van der Waals surface area contributed by atoms with Gasteiger partial charge in [-0.3, -0.25) is 10.1 Å². The zero-order chi connectivity index (χ0) is 7.07. The molecule has 0 unspecified atom stereocenters. The minimum atomic E-state index is 0.958. The van der Waals surface area contributed by atoms with Crippen LogP contribution in [0.5, 0.6) is 0 Å². The van der Waals surface area contributed by atoms with Crippen molar-refractivity contribution in [3.63, 3.8) is 0 Å². The van der Waals surface area contributed by atoms with Crippen LogP contribution in [-0.4, -0.2) is 29.6 Å². The number of hydrogen-bond acceptors (Lipinski definition) is 3. The van der Waals surface area contributed by atoms with Crippen molar-refractivity contribution in [2.24, 2.45) is 4.99 Å². The molecular weight excluding hydrogens is 128 g/mol. The summed E-state index contributed by atoms with van der Waals surface area (Å²) >= 11 is 0. The van der Waals surface area contributed by atoms with E-state index in [-0.39, 0.29) is 0 Å². The molecule has 10 heavy (non-hydrogen) atoms. The quantitative estimate of drug-likeness (QED) is 0.531. The molecule has 1 aromatic rings. The van der Waals surface area contributed by atoms with E-state index in [0.29, 0.717) is 0 Å². The molecule has 0 atom stereocenters. The molecular formula is C6H10N4. The average Bonchev–Trinajstić information content (AvgIpc) is 2.67. The van der Waals surface area contributed by atoms with Crippen LogP contribution in [-0.2, 0) is 0 Å². The fourth-order valence-corrected chi connectivity index (χ4v) is 0.538. The first-order valence-electron chi connectivity index (χ1n) is 3.15. The van der Waals surface area contributed by atoms with Crippen molar-refractivity contribution in [2.45, 2.75) is 0 Å². The number of rotatable bonds is 0. The van der Waals surface area contributed by atoms with Crippen LogP contribution in [0.4, 0.5) is 0 Å². The number of hydrogen-bond donors (Lipinski definition) is 2. The van der Waals surface area contributed by atoms with Gasteiger partial charge in [-0.15, -0.1) is 0 Å². The average molecular weight is 138 g/mol. The van der Waals surface area contributed by atoms with Crippen LogP contribution in [0.2, 0.25) is 0 Å². The lowest BCUT2D eigenvalue weighted by Crippen LogP contribution is -2.04. The van der Waals surface area contributed by atoms with Gasteiger partial charge in [-0.1, -0.05) is 0 Å². The third-order valence-electron chi connectivity index (χ3n) is 0.974. The largest absolute Gasteiger partial charge is 0.375 e. The molecule has 0 bridgehead atoms. The fourth-order valence-electron chi connectivity index (χ4n) is 0.538. The Morgan fingerprint density at radius 1 is 1.40 bits per heavy atom. The van der Waals surface area contributed by atoms with Gasteiger partial charge in [0, 0.05) is 18.9 Å². The Hall–Kier alpha value is -1.32. The number of nitrogens with one attached hydrogen (secondary N) is 2. The lowest BCUT2D eigenvalue weighted by Gasteiger charge is -1.75. The second-order valence-electron chi connectivity index (χ2n) is 1.76. The van der Waals surface area contributed by atoms with Gasteiger partial charge in [0.2, 0.25) is 0 Å². The van der Waals surface area contributed by atoms with Crippen LogP contribution >= 0.6 is 0 Å². The summed E-state index contributed by atoms with van der Waals surface area (Å²) in [6, 6.07) is 1.83. The summed E-state index contributed by atoms with van der Waals surface area (Å²) in [6.07, 6.45) is 5.19. The minimum absolute atomic E-state index is 0.958. The molecule has 4 nitrogen and oxygen atoms in total. The highest BCUT2D eigenvalue weighted by atomic mass is 15.1. The lowest BCUT2D eigenvalue weighted by molar-refractivity contribution is 0.965. The highest BCUT2D eigenvalue weighted by Gasteiger charge is 1.82. The molecule has 4 heteroatoms. The van der Waals surface area contributed by atoms with E-state index in [1.54, 1.807) is 18.7 Å². The maximum Gasteiger partial charge on any atom is 0.0825 e. The van der Waals surface area contributed by atoms with Gasteiger partial charge in [0.15, 0.2) is 0 Å². The Labute approximate surface area is 59.4 Å². The summed E-state index contributed by atoms with van der Waals surface area (Å²) in [4.78, 5) is 3.85. The van der Waals surface area contributed by atoms with E-state index >= 15 is 0 Å². The Bertz CT molecular complexity index is 145. The van der Waals surface area contributed by atoms with Crippen LogP contribution in [0.3, 0.4) is 0 Å². The van der Waals surface area contributed by atoms with Gasteiger partial charge in [0.1, 0.15) is 0 Å². The summed E-state index contributed by atoms with van der Waals surface area (Å²) in [5.74, 6) is 0. The monoisotopic (exact) mass is 138 g/mol.